The van der Waals surface area contributed by atoms with Crippen molar-refractivity contribution in [2.24, 2.45) is 0 Å². The molecule has 3 heterocycles. The van der Waals surface area contributed by atoms with Crippen LogP contribution in [0.15, 0.2) is 24.5 Å². The number of aromatic nitrogens is 4. The molecule has 1 aliphatic heterocycles. The Balaban J connectivity index is 1.68. The number of hydrogen-bond donors (Lipinski definition) is 0. The smallest absolute Gasteiger partial charge is 0.274 e. The summed E-state index contributed by atoms with van der Waals surface area (Å²) in [5.74, 6) is 0.673. The molecule has 1 saturated heterocycles. The number of carbonyl (C=O) groups is 1. The van der Waals surface area contributed by atoms with Crippen LogP contribution in [0, 0.1) is 6.92 Å². The molecule has 0 saturated carbocycles. The van der Waals surface area contributed by atoms with Crippen LogP contribution in [0.3, 0.4) is 0 Å². The summed E-state index contributed by atoms with van der Waals surface area (Å²) in [4.78, 5) is 16.2. The molecular weight excluding hydrogens is 280 g/mol. The molecule has 2 aromatic heterocycles. The third kappa shape index (κ3) is 2.79. The Kier molecular flexibility index (Phi) is 3.79. The SMILES string of the molecule is Cc1cnn(C2CCN(C(=O)c3ccc(N(C)C)nn3)C2)c1. The van der Waals surface area contributed by atoms with Crippen molar-refractivity contribution in [3.8, 4) is 0 Å². The van der Waals surface area contributed by atoms with Crippen molar-refractivity contribution < 1.29 is 4.79 Å². The van der Waals surface area contributed by atoms with Crippen LogP contribution in [0.25, 0.3) is 0 Å². The summed E-state index contributed by atoms with van der Waals surface area (Å²) < 4.78 is 1.95. The minimum Gasteiger partial charge on any atom is -0.361 e. The molecule has 1 amide bonds. The number of anilines is 1. The molecule has 7 heteroatoms. The zero-order chi connectivity index (χ0) is 15.7. The van der Waals surface area contributed by atoms with Crippen LogP contribution in [0.4, 0.5) is 5.82 Å². The number of rotatable bonds is 3. The van der Waals surface area contributed by atoms with Crippen molar-refractivity contribution in [2.75, 3.05) is 32.1 Å². The highest BCUT2D eigenvalue weighted by molar-refractivity contribution is 5.92. The van der Waals surface area contributed by atoms with Crippen LogP contribution >= 0.6 is 0 Å². The van der Waals surface area contributed by atoms with E-state index in [1.807, 2.05) is 54.0 Å². The Labute approximate surface area is 129 Å². The highest BCUT2D eigenvalue weighted by atomic mass is 16.2. The van der Waals surface area contributed by atoms with Crippen molar-refractivity contribution >= 4 is 11.7 Å². The molecule has 1 fully saturated rings. The quantitative estimate of drug-likeness (QED) is 0.850. The lowest BCUT2D eigenvalue weighted by Crippen LogP contribution is -2.30. The summed E-state index contributed by atoms with van der Waals surface area (Å²) in [6.45, 7) is 3.40. The Morgan fingerprint density at radius 3 is 2.73 bits per heavy atom. The maximum atomic E-state index is 12.5. The van der Waals surface area contributed by atoms with Crippen LogP contribution in [0.2, 0.25) is 0 Å². The van der Waals surface area contributed by atoms with E-state index < -0.39 is 0 Å². The average Bonchev–Trinajstić information content (AvgIpc) is 3.15. The van der Waals surface area contributed by atoms with Crippen LogP contribution in [-0.4, -0.2) is 58.0 Å². The van der Waals surface area contributed by atoms with Crippen LogP contribution in [0.1, 0.15) is 28.5 Å². The predicted octanol–water partition coefficient (Wildman–Crippen LogP) is 1.13. The Morgan fingerprint density at radius 2 is 2.14 bits per heavy atom. The van der Waals surface area contributed by atoms with Gasteiger partial charge in [-0.3, -0.25) is 9.48 Å². The first-order valence-corrected chi connectivity index (χ1v) is 7.35. The second-order valence-corrected chi connectivity index (χ2v) is 5.86. The van der Waals surface area contributed by atoms with Gasteiger partial charge in [0, 0.05) is 33.4 Å². The van der Waals surface area contributed by atoms with Gasteiger partial charge in [-0.2, -0.15) is 5.10 Å². The van der Waals surface area contributed by atoms with E-state index in [0.29, 0.717) is 12.2 Å². The van der Waals surface area contributed by atoms with Crippen molar-refractivity contribution in [1.29, 1.82) is 0 Å². The molecule has 0 aliphatic carbocycles. The normalized spacial score (nSPS) is 17.8. The number of likely N-dealkylation sites (tertiary alicyclic amines) is 1. The van der Waals surface area contributed by atoms with Crippen molar-refractivity contribution in [3.05, 3.63) is 35.8 Å². The molecule has 0 N–H and O–H groups in total. The van der Waals surface area contributed by atoms with E-state index in [4.69, 9.17) is 0 Å². The van der Waals surface area contributed by atoms with Gasteiger partial charge in [0.2, 0.25) is 0 Å². The van der Waals surface area contributed by atoms with Gasteiger partial charge in [-0.25, -0.2) is 0 Å². The number of carbonyl (C=O) groups excluding carboxylic acids is 1. The summed E-state index contributed by atoms with van der Waals surface area (Å²) in [6, 6.07) is 3.78. The van der Waals surface area contributed by atoms with E-state index >= 15 is 0 Å². The molecule has 0 bridgehead atoms. The van der Waals surface area contributed by atoms with Gasteiger partial charge in [0.1, 0.15) is 0 Å². The van der Waals surface area contributed by atoms with Crippen LogP contribution in [-0.2, 0) is 0 Å². The van der Waals surface area contributed by atoms with E-state index in [2.05, 4.69) is 15.3 Å². The largest absolute Gasteiger partial charge is 0.361 e. The number of hydrogen-bond acceptors (Lipinski definition) is 5. The summed E-state index contributed by atoms with van der Waals surface area (Å²) in [5.41, 5.74) is 1.53. The lowest BCUT2D eigenvalue weighted by molar-refractivity contribution is 0.0780. The lowest BCUT2D eigenvalue weighted by atomic mass is 10.3. The van der Waals surface area contributed by atoms with Crippen LogP contribution < -0.4 is 4.90 Å². The minimum atomic E-state index is -0.0656. The highest BCUT2D eigenvalue weighted by Gasteiger charge is 2.29. The summed E-state index contributed by atoms with van der Waals surface area (Å²) >= 11 is 0. The first kappa shape index (κ1) is 14.5. The molecule has 1 atom stereocenters. The van der Waals surface area contributed by atoms with Gasteiger partial charge < -0.3 is 9.80 Å². The molecule has 22 heavy (non-hydrogen) atoms. The fourth-order valence-electron chi connectivity index (χ4n) is 2.61. The summed E-state index contributed by atoms with van der Waals surface area (Å²) in [5, 5.41) is 12.4. The van der Waals surface area contributed by atoms with E-state index in [1.165, 1.54) is 0 Å². The maximum Gasteiger partial charge on any atom is 0.274 e. The van der Waals surface area contributed by atoms with Crippen LogP contribution in [0.5, 0.6) is 0 Å². The number of amides is 1. The third-order valence-corrected chi connectivity index (χ3v) is 3.88. The van der Waals surface area contributed by atoms with Gasteiger partial charge in [-0.1, -0.05) is 0 Å². The molecule has 3 rings (SSSR count). The monoisotopic (exact) mass is 300 g/mol. The second-order valence-electron chi connectivity index (χ2n) is 5.86. The van der Waals surface area contributed by atoms with Crippen molar-refractivity contribution in [2.45, 2.75) is 19.4 Å². The molecule has 0 radical (unpaired) electrons. The van der Waals surface area contributed by atoms with Gasteiger partial charge in [0.15, 0.2) is 11.5 Å². The highest BCUT2D eigenvalue weighted by Crippen LogP contribution is 2.22. The topological polar surface area (TPSA) is 67.2 Å². The summed E-state index contributed by atoms with van der Waals surface area (Å²) in [7, 11) is 3.78. The molecular formula is C15H20N6O. The van der Waals surface area contributed by atoms with Gasteiger partial charge >= 0.3 is 0 Å². The van der Waals surface area contributed by atoms with Gasteiger partial charge in [0.25, 0.3) is 5.91 Å². The molecule has 116 valence electrons. The standard InChI is InChI=1S/C15H20N6O/c1-11-8-16-21(9-11)12-6-7-20(10-12)15(22)13-4-5-14(18-17-13)19(2)3/h4-5,8-9,12H,6-7,10H2,1-3H3. The average molecular weight is 300 g/mol. The molecule has 0 spiro atoms. The lowest BCUT2D eigenvalue weighted by Gasteiger charge is -2.16. The zero-order valence-electron chi connectivity index (χ0n) is 13.1. The minimum absolute atomic E-state index is 0.0656. The maximum absolute atomic E-state index is 12.5. The first-order chi connectivity index (χ1) is 10.5. The molecule has 7 nitrogen and oxygen atoms in total. The van der Waals surface area contributed by atoms with E-state index in [-0.39, 0.29) is 11.9 Å². The summed E-state index contributed by atoms with van der Waals surface area (Å²) in [6.07, 6.45) is 4.77. The van der Waals surface area contributed by atoms with E-state index in [1.54, 1.807) is 6.07 Å². The number of nitrogens with zero attached hydrogens (tertiary/aromatic N) is 6. The van der Waals surface area contributed by atoms with Crippen molar-refractivity contribution in [3.63, 3.8) is 0 Å². The Morgan fingerprint density at radius 1 is 1.32 bits per heavy atom. The van der Waals surface area contributed by atoms with Gasteiger partial charge in [0.05, 0.1) is 12.2 Å². The molecule has 1 unspecified atom stereocenters. The first-order valence-electron chi connectivity index (χ1n) is 7.35. The fourth-order valence-corrected chi connectivity index (χ4v) is 2.61. The predicted molar refractivity (Wildman–Crippen MR) is 82.9 cm³/mol. The molecule has 0 aromatic carbocycles. The Bertz CT molecular complexity index is 663. The number of aryl methyl sites for hydroxylation is 1. The second kappa shape index (κ2) is 5.75. The molecule has 2 aromatic rings. The molecule has 1 aliphatic rings. The van der Waals surface area contributed by atoms with Gasteiger partial charge in [-0.05, 0) is 31.0 Å². The fraction of sp³-hybridized carbons (Fsp3) is 0.467. The zero-order valence-corrected chi connectivity index (χ0v) is 13.1. The Hall–Kier alpha value is -2.44. The third-order valence-electron chi connectivity index (χ3n) is 3.88. The van der Waals surface area contributed by atoms with E-state index in [9.17, 15) is 4.79 Å². The van der Waals surface area contributed by atoms with E-state index in [0.717, 1.165) is 24.3 Å². The van der Waals surface area contributed by atoms with Gasteiger partial charge in [-0.15, -0.1) is 10.2 Å². The van der Waals surface area contributed by atoms with Crippen molar-refractivity contribution in [1.82, 2.24) is 24.9 Å².